The molecule has 33 heavy (non-hydrogen) atoms. The smallest absolute Gasteiger partial charge is 0.335 e. The highest BCUT2D eigenvalue weighted by atomic mass is 16.4. The van der Waals surface area contributed by atoms with Crippen molar-refractivity contribution in [2.75, 3.05) is 23.9 Å². The maximum absolute atomic E-state index is 13.2. The van der Waals surface area contributed by atoms with Gasteiger partial charge in [0.1, 0.15) is 0 Å². The van der Waals surface area contributed by atoms with Crippen LogP contribution in [0, 0.1) is 13.5 Å². The second-order valence-corrected chi connectivity index (χ2v) is 7.76. The lowest BCUT2D eigenvalue weighted by Crippen LogP contribution is -2.42. The summed E-state index contributed by atoms with van der Waals surface area (Å²) >= 11 is 0. The van der Waals surface area contributed by atoms with Gasteiger partial charge in [-0.25, -0.2) is 9.64 Å². The van der Waals surface area contributed by atoms with E-state index in [1.165, 1.54) is 24.3 Å². The van der Waals surface area contributed by atoms with E-state index in [4.69, 9.17) is 11.7 Å². The number of imide groups is 1. The molecule has 3 rings (SSSR count). The Labute approximate surface area is 192 Å². The number of amides is 2. The first-order chi connectivity index (χ1) is 15.6. The van der Waals surface area contributed by atoms with Crippen molar-refractivity contribution in [1.29, 1.82) is 0 Å². The summed E-state index contributed by atoms with van der Waals surface area (Å²) < 4.78 is 0. The number of carbonyl (C=O) groups is 3. The van der Waals surface area contributed by atoms with Crippen LogP contribution in [0.2, 0.25) is 0 Å². The lowest BCUT2D eigenvalue weighted by molar-refractivity contribution is -0.123. The van der Waals surface area contributed by atoms with Crippen LogP contribution in [0.25, 0.3) is 10.9 Å². The van der Waals surface area contributed by atoms with Crippen LogP contribution in [-0.4, -0.2) is 37.0 Å². The Bertz CT molecular complexity index is 1280. The molecular weight excluding hydrogens is 418 g/mol. The highest BCUT2D eigenvalue weighted by molar-refractivity contribution is 6.30. The molecule has 166 valence electrons. The van der Waals surface area contributed by atoms with Crippen LogP contribution in [0.3, 0.4) is 0 Å². The monoisotopic (exact) mass is 441 g/mol. The second kappa shape index (κ2) is 9.37. The van der Waals surface area contributed by atoms with E-state index in [-0.39, 0.29) is 22.5 Å². The van der Waals surface area contributed by atoms with Gasteiger partial charge < -0.3 is 10.0 Å². The summed E-state index contributed by atoms with van der Waals surface area (Å²) in [5.74, 6) is -2.42. The van der Waals surface area contributed by atoms with E-state index in [1.807, 2.05) is 44.1 Å². The van der Waals surface area contributed by atoms with Crippen LogP contribution < -0.4 is 9.80 Å². The molecule has 7 nitrogen and oxygen atoms in total. The molecule has 1 aliphatic heterocycles. The van der Waals surface area contributed by atoms with E-state index in [9.17, 15) is 14.4 Å². The van der Waals surface area contributed by atoms with E-state index in [0.717, 1.165) is 21.7 Å². The molecule has 2 aromatic carbocycles. The van der Waals surface area contributed by atoms with Gasteiger partial charge in [-0.2, -0.15) is 0 Å². The van der Waals surface area contributed by atoms with Crippen LogP contribution >= 0.6 is 0 Å². The van der Waals surface area contributed by atoms with Gasteiger partial charge in [-0.1, -0.05) is 24.3 Å². The number of hydrogen-bond acceptors (Lipinski definition) is 4. The lowest BCUT2D eigenvalue weighted by Gasteiger charge is -2.27. The maximum atomic E-state index is 13.2. The number of carbonyl (C=O) groups excluding carboxylic acids is 2. The summed E-state index contributed by atoms with van der Waals surface area (Å²) in [7, 11) is 3.94. The quantitative estimate of drug-likeness (QED) is 0.421. The van der Waals surface area contributed by atoms with Crippen LogP contribution in [0.1, 0.15) is 28.4 Å². The molecule has 1 N–H and O–H groups in total. The van der Waals surface area contributed by atoms with E-state index in [0.29, 0.717) is 5.57 Å². The van der Waals surface area contributed by atoms with Crippen LogP contribution in [0.5, 0.6) is 0 Å². The van der Waals surface area contributed by atoms with Gasteiger partial charge in [-0.3, -0.25) is 14.5 Å². The molecule has 0 saturated heterocycles. The zero-order valence-corrected chi connectivity index (χ0v) is 18.8. The summed E-state index contributed by atoms with van der Waals surface area (Å²) in [4.78, 5) is 43.4. The minimum absolute atomic E-state index is 0.0298. The largest absolute Gasteiger partial charge is 0.478 e. The molecular formula is C26H23N3O4. The first kappa shape index (κ1) is 23.2. The second-order valence-electron chi connectivity index (χ2n) is 7.76. The number of hydrogen-bond donors (Lipinski definition) is 1. The fourth-order valence-corrected chi connectivity index (χ4v) is 3.46. The number of rotatable bonds is 5. The molecule has 2 amide bonds. The molecule has 0 unspecified atom stereocenters. The zero-order chi connectivity index (χ0) is 24.3. The molecule has 0 spiro atoms. The average molecular weight is 441 g/mol. The Morgan fingerprint density at radius 3 is 2.27 bits per heavy atom. The first-order valence-electron chi connectivity index (χ1n) is 10.1. The van der Waals surface area contributed by atoms with Gasteiger partial charge in [-0.15, -0.1) is 0 Å². The minimum atomic E-state index is -1.12. The van der Waals surface area contributed by atoms with Crippen molar-refractivity contribution in [3.8, 4) is 0 Å². The molecule has 0 saturated carbocycles. The van der Waals surface area contributed by atoms with E-state index >= 15 is 0 Å². The molecule has 0 radical (unpaired) electrons. The first-order valence-corrected chi connectivity index (χ1v) is 10.1. The number of nitrogens with zero attached hydrogens (tertiary/aromatic N) is 3. The summed E-state index contributed by atoms with van der Waals surface area (Å²) in [6.45, 7) is 11.0. The normalized spacial score (nSPS) is 15.4. The van der Waals surface area contributed by atoms with Gasteiger partial charge in [-0.05, 0) is 66.9 Å². The molecule has 2 aromatic rings. The van der Waals surface area contributed by atoms with Crippen molar-refractivity contribution >= 4 is 35.2 Å². The topological polar surface area (TPSA) is 82.3 Å². The van der Waals surface area contributed by atoms with Crippen LogP contribution in [0.15, 0.2) is 71.5 Å². The molecule has 0 aromatic heterocycles. The number of aromatic carboxylic acids is 1. The molecule has 0 bridgehead atoms. The van der Waals surface area contributed by atoms with Crippen molar-refractivity contribution in [2.45, 2.75) is 13.8 Å². The van der Waals surface area contributed by atoms with Crippen LogP contribution in [0.4, 0.5) is 11.4 Å². The maximum Gasteiger partial charge on any atom is 0.335 e. The number of carboxylic acids is 1. The van der Waals surface area contributed by atoms with Gasteiger partial charge in [0.05, 0.1) is 17.8 Å². The molecule has 7 heteroatoms. The summed E-state index contributed by atoms with van der Waals surface area (Å²) in [6, 6.07) is 11.4. The lowest BCUT2D eigenvalue weighted by atomic mass is 9.97. The van der Waals surface area contributed by atoms with Gasteiger partial charge in [0, 0.05) is 25.4 Å². The standard InChI is InChI=1S/C26H23N3O4/c1-16-15-21(28(4)5)14-9-18(16)7-6-8-22-17(2)23(27-3)25(31)29(24(22)30)20-12-10-19(11-13-20)26(32)33/h6-15H,1-2,4-5H3,(H,32,33)/b7-6?,22-8-. The fourth-order valence-electron chi connectivity index (χ4n) is 3.46. The third-order valence-corrected chi connectivity index (χ3v) is 5.39. The average Bonchev–Trinajstić information content (AvgIpc) is 2.77. The summed E-state index contributed by atoms with van der Waals surface area (Å²) in [6.07, 6.45) is 5.17. The number of anilines is 2. The Morgan fingerprint density at radius 2 is 1.73 bits per heavy atom. The van der Waals surface area contributed by atoms with Crippen molar-refractivity contribution in [2.24, 2.45) is 0 Å². The fraction of sp³-hybridized carbons (Fsp3) is 0.154. The predicted molar refractivity (Wildman–Crippen MR) is 128 cm³/mol. The van der Waals surface area contributed by atoms with Crippen molar-refractivity contribution in [3.63, 3.8) is 0 Å². The minimum Gasteiger partial charge on any atom is -0.478 e. The highest BCUT2D eigenvalue weighted by Crippen LogP contribution is 2.30. The zero-order valence-electron chi connectivity index (χ0n) is 18.8. The number of benzene rings is 2. The van der Waals surface area contributed by atoms with E-state index in [2.05, 4.69) is 10.9 Å². The summed E-state index contributed by atoms with van der Waals surface area (Å²) in [5.41, 5.74) is 3.73. The molecule has 1 aliphatic rings. The third kappa shape index (κ3) is 4.60. The number of carboxylic acid groups (broad SMARTS) is 1. The molecule has 0 aliphatic carbocycles. The van der Waals surface area contributed by atoms with Gasteiger partial charge in [0.2, 0.25) is 0 Å². The van der Waals surface area contributed by atoms with Crippen molar-refractivity contribution in [1.82, 2.24) is 0 Å². The molecule has 0 atom stereocenters. The molecule has 1 heterocycles. The highest BCUT2D eigenvalue weighted by Gasteiger charge is 2.36. The Kier molecular flexibility index (Phi) is 6.59. The molecule has 0 fully saturated rings. The third-order valence-electron chi connectivity index (χ3n) is 5.39. The Balaban J connectivity index is 1.99. The number of allylic oxidation sites excluding steroid dienone is 2. The van der Waals surface area contributed by atoms with Gasteiger partial charge in [0.15, 0.2) is 0 Å². The predicted octanol–water partition coefficient (Wildman–Crippen LogP) is 4.47. The summed E-state index contributed by atoms with van der Waals surface area (Å²) in [5, 5.41) is 9.09. The Hall–Kier alpha value is -4.44. The van der Waals surface area contributed by atoms with E-state index < -0.39 is 17.8 Å². The Morgan fingerprint density at radius 1 is 1.06 bits per heavy atom. The van der Waals surface area contributed by atoms with E-state index in [1.54, 1.807) is 19.1 Å². The SMILES string of the molecule is [C-]#[N+]C1=C(C)/C(=C/C=Cc2ccc(N(C)C)cc2C)C(=O)N(c2ccc(C(=O)O)cc2)C1=O. The van der Waals surface area contributed by atoms with Crippen molar-refractivity contribution in [3.05, 3.63) is 99.6 Å². The van der Waals surface area contributed by atoms with Gasteiger partial charge >= 0.3 is 5.97 Å². The van der Waals surface area contributed by atoms with Gasteiger partial charge in [0.25, 0.3) is 17.5 Å². The van der Waals surface area contributed by atoms with Crippen molar-refractivity contribution < 1.29 is 19.5 Å². The number of aryl methyl sites for hydroxylation is 1. The van der Waals surface area contributed by atoms with Crippen LogP contribution in [-0.2, 0) is 9.59 Å².